The number of carboxylic acid groups (broad SMARTS) is 1. The van der Waals surface area contributed by atoms with Crippen LogP contribution in [0.1, 0.15) is 19.8 Å². The molecular formula is C4H7Cl5CrO2. The Labute approximate surface area is 114 Å². The first-order chi connectivity index (χ1) is 2.77. The number of hydrogen-bond acceptors (Lipinski definition) is 2. The third-order valence-corrected chi connectivity index (χ3v) is 0.454. The predicted octanol–water partition coefficient (Wildman–Crippen LogP) is -15.4. The summed E-state index contributed by atoms with van der Waals surface area (Å²) in [5.41, 5.74) is 0. The fourth-order valence-electron chi connectivity index (χ4n) is 0.204. The SMILES string of the molecule is CCCC(=O)[O-].[Cl-].[Cl-].[Cl-].[Cl-].[Cl-].[Cr+6]. The van der Waals surface area contributed by atoms with Gasteiger partial charge in [-0.2, -0.15) is 0 Å². The van der Waals surface area contributed by atoms with Gasteiger partial charge in [-0.1, -0.05) is 13.3 Å². The molecule has 0 aliphatic carbocycles. The van der Waals surface area contributed by atoms with Gasteiger partial charge in [0, 0.05) is 5.97 Å². The maximum Gasteiger partial charge on any atom is 6.00 e. The molecule has 0 unspecified atom stereocenters. The minimum absolute atomic E-state index is 0. The summed E-state index contributed by atoms with van der Waals surface area (Å²) in [6.07, 6.45) is 0.850. The molecule has 0 bridgehead atoms. The van der Waals surface area contributed by atoms with Gasteiger partial charge in [0.05, 0.1) is 0 Å². The predicted molar refractivity (Wildman–Crippen MR) is 19.9 cm³/mol. The number of halogens is 5. The third-order valence-electron chi connectivity index (χ3n) is 0.454. The number of rotatable bonds is 2. The van der Waals surface area contributed by atoms with Crippen molar-refractivity contribution in [3.8, 4) is 0 Å². The molecule has 0 aliphatic heterocycles. The molecule has 0 amide bonds. The third kappa shape index (κ3) is 63.1. The van der Waals surface area contributed by atoms with E-state index >= 15 is 0 Å². The minimum atomic E-state index is -0.961. The molecule has 0 rings (SSSR count). The van der Waals surface area contributed by atoms with Gasteiger partial charge in [-0.15, -0.1) is 0 Å². The molecule has 76 valence electrons. The molecule has 12 heavy (non-hydrogen) atoms. The second-order valence-corrected chi connectivity index (χ2v) is 1.12. The molecular weight excluding hydrogens is 309 g/mol. The van der Waals surface area contributed by atoms with Gasteiger partial charge in [0.1, 0.15) is 0 Å². The Morgan fingerprint density at radius 2 is 1.33 bits per heavy atom. The summed E-state index contributed by atoms with van der Waals surface area (Å²) in [5.74, 6) is -0.961. The van der Waals surface area contributed by atoms with Crippen LogP contribution >= 0.6 is 0 Å². The largest absolute Gasteiger partial charge is 6.00 e. The Balaban J connectivity index is -0.00000000833. The van der Waals surface area contributed by atoms with Crippen molar-refractivity contribution in [3.63, 3.8) is 0 Å². The van der Waals surface area contributed by atoms with E-state index in [0.29, 0.717) is 6.42 Å². The molecule has 0 saturated heterocycles. The van der Waals surface area contributed by atoms with Crippen molar-refractivity contribution in [1.29, 1.82) is 0 Å². The second kappa shape index (κ2) is 39.2. The fourth-order valence-corrected chi connectivity index (χ4v) is 0.204. The molecule has 8 heteroatoms. The number of aliphatic carboxylic acids is 1. The van der Waals surface area contributed by atoms with E-state index in [2.05, 4.69) is 0 Å². The molecule has 0 aromatic rings. The van der Waals surface area contributed by atoms with Crippen LogP contribution in [0.4, 0.5) is 0 Å². The van der Waals surface area contributed by atoms with Crippen LogP contribution in [0, 0.1) is 0 Å². The summed E-state index contributed by atoms with van der Waals surface area (Å²) in [7, 11) is 0. The van der Waals surface area contributed by atoms with Gasteiger partial charge in [0.25, 0.3) is 0 Å². The van der Waals surface area contributed by atoms with Gasteiger partial charge < -0.3 is 71.9 Å². The fraction of sp³-hybridized carbons (Fsp3) is 0.750. The average molecular weight is 316 g/mol. The van der Waals surface area contributed by atoms with Crippen LogP contribution in [0.25, 0.3) is 0 Å². The first-order valence-corrected chi connectivity index (χ1v) is 1.97. The Kier molecular flexibility index (Phi) is 164. The molecule has 0 fully saturated rings. The molecule has 2 nitrogen and oxygen atoms in total. The van der Waals surface area contributed by atoms with E-state index in [1.54, 1.807) is 6.92 Å². The molecule has 0 aliphatic rings. The van der Waals surface area contributed by atoms with Gasteiger partial charge in [-0.25, -0.2) is 0 Å². The van der Waals surface area contributed by atoms with E-state index in [4.69, 9.17) is 0 Å². The molecule has 0 atom stereocenters. The molecule has 0 radical (unpaired) electrons. The van der Waals surface area contributed by atoms with Crippen LogP contribution in [0.15, 0.2) is 0 Å². The van der Waals surface area contributed by atoms with Crippen LogP contribution in [0.5, 0.6) is 0 Å². The summed E-state index contributed by atoms with van der Waals surface area (Å²) in [4.78, 5) is 9.49. The van der Waals surface area contributed by atoms with E-state index in [-0.39, 0.29) is 85.8 Å². The zero-order chi connectivity index (χ0) is 4.99. The van der Waals surface area contributed by atoms with Crippen molar-refractivity contribution in [3.05, 3.63) is 0 Å². The van der Waals surface area contributed by atoms with Crippen LogP contribution in [0.3, 0.4) is 0 Å². The maximum absolute atomic E-state index is 9.49. The van der Waals surface area contributed by atoms with Crippen molar-refractivity contribution in [2.75, 3.05) is 0 Å². The summed E-state index contributed by atoms with van der Waals surface area (Å²) >= 11 is 0. The van der Waals surface area contributed by atoms with Gasteiger partial charge in [-0.3, -0.25) is 0 Å². The molecule has 0 spiro atoms. The normalized spacial score (nSPS) is 4.08. The summed E-state index contributed by atoms with van der Waals surface area (Å²) in [6.45, 7) is 1.80. The molecule has 0 N–H and O–H groups in total. The number of carboxylic acids is 1. The van der Waals surface area contributed by atoms with Gasteiger partial charge in [-0.05, 0) is 6.42 Å². The number of hydrogen-bond donors (Lipinski definition) is 0. The Morgan fingerprint density at radius 1 is 1.08 bits per heavy atom. The van der Waals surface area contributed by atoms with Crippen molar-refractivity contribution in [2.45, 2.75) is 19.8 Å². The van der Waals surface area contributed by atoms with Crippen LogP contribution in [-0.2, 0) is 22.2 Å². The van der Waals surface area contributed by atoms with Crippen LogP contribution in [0.2, 0.25) is 0 Å². The quantitative estimate of drug-likeness (QED) is 0.508. The van der Waals surface area contributed by atoms with Crippen molar-refractivity contribution in [1.82, 2.24) is 0 Å². The number of carbonyl (C=O) groups excluding carboxylic acids is 1. The van der Waals surface area contributed by atoms with E-state index in [1.165, 1.54) is 0 Å². The maximum atomic E-state index is 9.49. The van der Waals surface area contributed by atoms with Crippen molar-refractivity contribution < 1.29 is 89.3 Å². The smallest absolute Gasteiger partial charge is 1.00 e. The van der Waals surface area contributed by atoms with Crippen LogP contribution in [-0.4, -0.2) is 5.97 Å². The minimum Gasteiger partial charge on any atom is -1.00 e. The Morgan fingerprint density at radius 3 is 1.33 bits per heavy atom. The van der Waals surface area contributed by atoms with Crippen LogP contribution < -0.4 is 67.1 Å². The molecule has 0 aromatic carbocycles. The summed E-state index contributed by atoms with van der Waals surface area (Å²) < 4.78 is 0. The van der Waals surface area contributed by atoms with E-state index in [9.17, 15) is 9.90 Å². The summed E-state index contributed by atoms with van der Waals surface area (Å²) in [6, 6.07) is 0. The standard InChI is InChI=1S/C4H8O2.5ClH.Cr/c1-2-3-4(5)6;;;;;;/h2-3H2,1H3,(H,5,6);5*1H;/q;;;;;;+6/p-6. The van der Waals surface area contributed by atoms with E-state index < -0.39 is 5.97 Å². The monoisotopic (exact) mass is 314 g/mol. The zero-order valence-electron chi connectivity index (χ0n) is 6.03. The Hall–Kier alpha value is 1.45. The Bertz CT molecular complexity index is 65.4. The van der Waals surface area contributed by atoms with Crippen molar-refractivity contribution in [2.24, 2.45) is 0 Å². The van der Waals surface area contributed by atoms with Gasteiger partial charge >= 0.3 is 17.4 Å². The topological polar surface area (TPSA) is 40.1 Å². The number of carbonyl (C=O) groups is 1. The van der Waals surface area contributed by atoms with Gasteiger partial charge in [0.15, 0.2) is 0 Å². The van der Waals surface area contributed by atoms with E-state index in [0.717, 1.165) is 0 Å². The summed E-state index contributed by atoms with van der Waals surface area (Å²) in [5, 5.41) is 9.49. The van der Waals surface area contributed by atoms with Crippen molar-refractivity contribution >= 4 is 5.97 Å². The van der Waals surface area contributed by atoms with Gasteiger partial charge in [0.2, 0.25) is 0 Å². The van der Waals surface area contributed by atoms with E-state index in [1.807, 2.05) is 0 Å². The second-order valence-electron chi connectivity index (χ2n) is 1.12. The molecule has 0 heterocycles. The first kappa shape index (κ1) is 50.1. The molecule has 0 aromatic heterocycles. The average Bonchev–Trinajstić information content (AvgIpc) is 1.35. The molecule has 0 saturated carbocycles. The zero-order valence-corrected chi connectivity index (χ0v) is 11.1. The first-order valence-electron chi connectivity index (χ1n) is 1.97.